The zero-order valence-electron chi connectivity index (χ0n) is 22.3. The Morgan fingerprint density at radius 3 is 2.33 bits per heavy atom. The maximum absolute atomic E-state index is 13.8. The van der Waals surface area contributed by atoms with E-state index in [1.165, 1.54) is 16.2 Å². The van der Waals surface area contributed by atoms with Crippen molar-refractivity contribution in [2.45, 2.75) is 40.0 Å². The molecule has 2 amide bonds. The number of hydrogen-bond donors (Lipinski definition) is 0. The van der Waals surface area contributed by atoms with Crippen molar-refractivity contribution in [3.8, 4) is 11.1 Å². The van der Waals surface area contributed by atoms with E-state index in [1.54, 1.807) is 19.2 Å². The minimum atomic E-state index is -4.58. The first-order valence-electron chi connectivity index (χ1n) is 13.1. The van der Waals surface area contributed by atoms with Gasteiger partial charge in [-0.1, -0.05) is 13.8 Å². The number of carbonyl (C=O) groups excluding carboxylic acids is 2. The van der Waals surface area contributed by atoms with Gasteiger partial charge in [-0.15, -0.1) is 11.3 Å². The number of likely N-dealkylation sites (N-methyl/N-ethyl adjacent to an activating group) is 1. The summed E-state index contributed by atoms with van der Waals surface area (Å²) in [5.41, 5.74) is 1.69. The highest BCUT2D eigenvalue weighted by Crippen LogP contribution is 2.63. The summed E-state index contributed by atoms with van der Waals surface area (Å²) in [7, 11) is 2.06. The Morgan fingerprint density at radius 2 is 1.69 bits per heavy atom. The number of thiophene rings is 1. The number of amides is 2. The molecular formula is C28H30F3N5O2S. The second-order valence-electron chi connectivity index (χ2n) is 11.5. The number of pyridine rings is 2. The smallest absolute Gasteiger partial charge is 0.304 e. The van der Waals surface area contributed by atoms with E-state index in [9.17, 15) is 22.8 Å². The quantitative estimate of drug-likeness (QED) is 0.428. The average molecular weight is 558 g/mol. The number of alkyl halides is 3. The van der Waals surface area contributed by atoms with Crippen LogP contribution in [-0.4, -0.2) is 69.7 Å². The largest absolute Gasteiger partial charge is 0.433 e. The number of piperazine rings is 1. The molecule has 1 aliphatic carbocycles. The number of nitrogens with zero attached hydrogens (tertiary/aromatic N) is 5. The van der Waals surface area contributed by atoms with Crippen molar-refractivity contribution in [1.29, 1.82) is 0 Å². The molecule has 6 rings (SSSR count). The highest BCUT2D eigenvalue weighted by atomic mass is 32.1. The van der Waals surface area contributed by atoms with Crippen LogP contribution >= 0.6 is 11.3 Å². The lowest BCUT2D eigenvalue weighted by Gasteiger charge is -2.33. The fourth-order valence-corrected chi connectivity index (χ4v) is 7.24. The summed E-state index contributed by atoms with van der Waals surface area (Å²) in [6.07, 6.45) is -2.98. The van der Waals surface area contributed by atoms with Crippen molar-refractivity contribution >= 4 is 33.4 Å². The standard InChI is InChI=1S/C28H30F3N5O2S/c1-15-19(14-35-9-7-34(4)8-10-35)18(12-21(33-15)28(29,30)31)17-5-6-32-20-11-16(39-24(17)20)13-36-25(37)22-23(26(36)38)27(22,2)3/h5-6,11-12,22-23H,7-10,13-14H2,1-4H3. The molecule has 3 aliphatic rings. The molecule has 2 aliphatic heterocycles. The van der Waals surface area contributed by atoms with Gasteiger partial charge in [0.05, 0.1) is 28.6 Å². The molecular weight excluding hydrogens is 527 g/mol. The van der Waals surface area contributed by atoms with Gasteiger partial charge in [-0.25, -0.2) is 4.98 Å². The fraction of sp³-hybridized carbons (Fsp3) is 0.500. The lowest BCUT2D eigenvalue weighted by Crippen LogP contribution is -2.44. The molecule has 0 aromatic carbocycles. The van der Waals surface area contributed by atoms with Gasteiger partial charge >= 0.3 is 6.18 Å². The molecule has 1 saturated carbocycles. The van der Waals surface area contributed by atoms with E-state index in [1.807, 2.05) is 19.9 Å². The first-order valence-corrected chi connectivity index (χ1v) is 13.9. The summed E-state index contributed by atoms with van der Waals surface area (Å²) < 4.78 is 42.3. The third-order valence-electron chi connectivity index (χ3n) is 8.56. The number of piperidine rings is 1. The first kappa shape index (κ1) is 26.3. The van der Waals surface area contributed by atoms with Crippen molar-refractivity contribution in [1.82, 2.24) is 24.7 Å². The maximum Gasteiger partial charge on any atom is 0.433 e. The summed E-state index contributed by atoms with van der Waals surface area (Å²) >= 11 is 1.37. The Labute approximate surface area is 228 Å². The van der Waals surface area contributed by atoms with E-state index in [0.717, 1.165) is 47.4 Å². The molecule has 2 saturated heterocycles. The van der Waals surface area contributed by atoms with Crippen LogP contribution in [0.5, 0.6) is 0 Å². The van der Waals surface area contributed by atoms with Gasteiger partial charge in [-0.3, -0.25) is 24.4 Å². The van der Waals surface area contributed by atoms with Gasteiger partial charge in [0.1, 0.15) is 5.69 Å². The van der Waals surface area contributed by atoms with E-state index in [2.05, 4.69) is 26.8 Å². The van der Waals surface area contributed by atoms with E-state index < -0.39 is 11.9 Å². The molecule has 3 fully saturated rings. The average Bonchev–Trinajstić information content (AvgIpc) is 3.10. The molecule has 3 aromatic heterocycles. The number of imide groups is 1. The van der Waals surface area contributed by atoms with Gasteiger partial charge in [0.25, 0.3) is 0 Å². The number of fused-ring (bicyclic) bond motifs is 2. The fourth-order valence-electron chi connectivity index (χ4n) is 6.11. The van der Waals surface area contributed by atoms with Crippen LogP contribution in [0.25, 0.3) is 21.3 Å². The molecule has 0 N–H and O–H groups in total. The molecule has 5 heterocycles. The Hall–Kier alpha value is -2.89. The molecule has 206 valence electrons. The van der Waals surface area contributed by atoms with Gasteiger partial charge in [0, 0.05) is 55.1 Å². The monoisotopic (exact) mass is 557 g/mol. The summed E-state index contributed by atoms with van der Waals surface area (Å²) in [6, 6.07) is 4.72. The zero-order chi connectivity index (χ0) is 27.9. The number of likely N-dealkylation sites (tertiary alicyclic amines) is 1. The molecule has 2 atom stereocenters. The number of halogens is 3. The Kier molecular flexibility index (Phi) is 6.13. The van der Waals surface area contributed by atoms with Crippen LogP contribution in [0, 0.1) is 24.2 Å². The predicted octanol–water partition coefficient (Wildman–Crippen LogP) is 4.57. The number of carbonyl (C=O) groups is 2. The normalized spacial score (nSPS) is 23.6. The van der Waals surface area contributed by atoms with Crippen molar-refractivity contribution in [3.63, 3.8) is 0 Å². The number of hydrogen-bond acceptors (Lipinski definition) is 7. The molecule has 3 aromatic rings. The maximum atomic E-state index is 13.8. The van der Waals surface area contributed by atoms with E-state index in [4.69, 9.17) is 0 Å². The Morgan fingerprint density at radius 1 is 1.03 bits per heavy atom. The van der Waals surface area contributed by atoms with Crippen molar-refractivity contribution in [2.24, 2.45) is 17.3 Å². The number of aryl methyl sites for hydroxylation is 1. The topological polar surface area (TPSA) is 69.6 Å². The van der Waals surface area contributed by atoms with Crippen molar-refractivity contribution < 1.29 is 22.8 Å². The van der Waals surface area contributed by atoms with Crippen LogP contribution in [0.4, 0.5) is 13.2 Å². The lowest BCUT2D eigenvalue weighted by atomic mass is 9.97. The van der Waals surface area contributed by atoms with Crippen molar-refractivity contribution in [2.75, 3.05) is 33.2 Å². The molecule has 11 heteroatoms. The van der Waals surface area contributed by atoms with Gasteiger partial charge in [-0.2, -0.15) is 13.2 Å². The molecule has 2 unspecified atom stereocenters. The molecule has 39 heavy (non-hydrogen) atoms. The summed E-state index contributed by atoms with van der Waals surface area (Å²) in [5, 5.41) is 0. The van der Waals surface area contributed by atoms with Crippen LogP contribution in [0.3, 0.4) is 0 Å². The van der Waals surface area contributed by atoms with Gasteiger partial charge in [0.2, 0.25) is 11.8 Å². The Balaban J connectivity index is 1.38. The summed E-state index contributed by atoms with van der Waals surface area (Å²) in [6.45, 7) is 9.60. The first-order chi connectivity index (χ1) is 18.4. The van der Waals surface area contributed by atoms with Gasteiger partial charge < -0.3 is 4.90 Å². The van der Waals surface area contributed by atoms with Crippen LogP contribution in [-0.2, 0) is 28.9 Å². The number of rotatable bonds is 5. The van der Waals surface area contributed by atoms with Gasteiger partial charge in [0.15, 0.2) is 0 Å². The van der Waals surface area contributed by atoms with Crippen LogP contribution in [0.2, 0.25) is 0 Å². The third kappa shape index (κ3) is 4.44. The Bertz CT molecular complexity index is 1470. The minimum absolute atomic E-state index is 0.144. The second kappa shape index (κ2) is 9.07. The van der Waals surface area contributed by atoms with Crippen molar-refractivity contribution in [3.05, 3.63) is 46.2 Å². The van der Waals surface area contributed by atoms with Crippen LogP contribution in [0.1, 0.15) is 35.7 Å². The number of aromatic nitrogens is 2. The predicted molar refractivity (Wildman–Crippen MR) is 142 cm³/mol. The summed E-state index contributed by atoms with van der Waals surface area (Å²) in [4.78, 5) is 40.7. The highest BCUT2D eigenvalue weighted by Gasteiger charge is 2.72. The van der Waals surface area contributed by atoms with Gasteiger partial charge in [-0.05, 0) is 48.7 Å². The summed E-state index contributed by atoms with van der Waals surface area (Å²) in [5.74, 6) is -0.805. The van der Waals surface area contributed by atoms with E-state index in [-0.39, 0.29) is 35.6 Å². The zero-order valence-corrected chi connectivity index (χ0v) is 23.1. The molecule has 0 radical (unpaired) electrons. The molecule has 0 bridgehead atoms. The minimum Gasteiger partial charge on any atom is -0.304 e. The SMILES string of the molecule is Cc1nc(C(F)(F)F)cc(-c2ccnc3cc(CN4C(=O)C5C(C4=O)C5(C)C)sc23)c1CN1CCN(C)CC1. The third-order valence-corrected chi connectivity index (χ3v) is 9.70. The highest BCUT2D eigenvalue weighted by molar-refractivity contribution is 7.19. The molecule has 7 nitrogen and oxygen atoms in total. The second-order valence-corrected chi connectivity index (χ2v) is 12.7. The van der Waals surface area contributed by atoms with Crippen LogP contribution < -0.4 is 0 Å². The van der Waals surface area contributed by atoms with Crippen LogP contribution in [0.15, 0.2) is 24.4 Å². The van der Waals surface area contributed by atoms with E-state index >= 15 is 0 Å². The van der Waals surface area contributed by atoms with E-state index in [0.29, 0.717) is 28.9 Å². The lowest BCUT2D eigenvalue weighted by molar-refractivity contribution is -0.144. The molecule has 0 spiro atoms.